The van der Waals surface area contributed by atoms with Crippen molar-refractivity contribution >= 4 is 17.8 Å². The topological polar surface area (TPSA) is 63.5 Å². The number of benzene rings is 1. The van der Waals surface area contributed by atoms with E-state index in [1.807, 2.05) is 44.2 Å². The number of hydrogen-bond acceptors (Lipinski definition) is 4. The zero-order valence-corrected chi connectivity index (χ0v) is 13.0. The second-order valence-electron chi connectivity index (χ2n) is 5.52. The summed E-state index contributed by atoms with van der Waals surface area (Å²) in [6.45, 7) is 4.40. The lowest BCUT2D eigenvalue weighted by molar-refractivity contribution is 0.112. The first-order chi connectivity index (χ1) is 11.1. The first-order valence-corrected chi connectivity index (χ1v) is 7.36. The maximum atomic E-state index is 12.4. The van der Waals surface area contributed by atoms with Crippen molar-refractivity contribution in [2.75, 3.05) is 5.32 Å². The summed E-state index contributed by atoms with van der Waals surface area (Å²) < 4.78 is 1.40. The van der Waals surface area contributed by atoms with Gasteiger partial charge in [-0.3, -0.25) is 14.0 Å². The smallest absolute Gasteiger partial charge is 0.270 e. The summed E-state index contributed by atoms with van der Waals surface area (Å²) >= 11 is 0. The third kappa shape index (κ3) is 2.85. The van der Waals surface area contributed by atoms with Crippen LogP contribution in [0.25, 0.3) is 5.65 Å². The SMILES string of the molecule is Cc1cccc(CNc2nc3c(C)cccn3c(=O)c2C=O)c1. The van der Waals surface area contributed by atoms with Crippen LogP contribution in [0, 0.1) is 13.8 Å². The predicted octanol–water partition coefficient (Wildman–Crippen LogP) is 2.74. The molecule has 0 bridgehead atoms. The number of pyridine rings is 1. The zero-order chi connectivity index (χ0) is 16.4. The average Bonchev–Trinajstić information content (AvgIpc) is 2.54. The quantitative estimate of drug-likeness (QED) is 0.753. The Balaban J connectivity index is 2.04. The number of fused-ring (bicyclic) bond motifs is 1. The van der Waals surface area contributed by atoms with Gasteiger partial charge in [0.05, 0.1) is 0 Å². The fourth-order valence-electron chi connectivity index (χ4n) is 2.56. The van der Waals surface area contributed by atoms with Gasteiger partial charge in [0.1, 0.15) is 17.0 Å². The van der Waals surface area contributed by atoms with Gasteiger partial charge in [0.2, 0.25) is 0 Å². The van der Waals surface area contributed by atoms with Gasteiger partial charge in [-0.2, -0.15) is 0 Å². The van der Waals surface area contributed by atoms with Gasteiger partial charge in [-0.1, -0.05) is 35.9 Å². The summed E-state index contributed by atoms with van der Waals surface area (Å²) in [5, 5.41) is 3.11. The van der Waals surface area contributed by atoms with Crippen LogP contribution in [0.5, 0.6) is 0 Å². The highest BCUT2D eigenvalue weighted by Crippen LogP contribution is 2.13. The highest BCUT2D eigenvalue weighted by molar-refractivity contribution is 5.82. The van der Waals surface area contributed by atoms with Gasteiger partial charge >= 0.3 is 0 Å². The minimum atomic E-state index is -0.361. The molecule has 1 N–H and O–H groups in total. The molecule has 2 heterocycles. The molecule has 0 saturated heterocycles. The molecule has 1 aromatic carbocycles. The van der Waals surface area contributed by atoms with Gasteiger partial charge < -0.3 is 5.32 Å². The van der Waals surface area contributed by atoms with E-state index < -0.39 is 0 Å². The molecule has 0 aliphatic carbocycles. The van der Waals surface area contributed by atoms with Crippen LogP contribution >= 0.6 is 0 Å². The van der Waals surface area contributed by atoms with Crippen molar-refractivity contribution in [3.63, 3.8) is 0 Å². The standard InChI is InChI=1S/C18H17N3O2/c1-12-5-3-7-14(9-12)10-19-16-15(11-22)18(23)21-8-4-6-13(2)17(21)20-16/h3-9,11,19H,10H2,1-2H3. The number of rotatable bonds is 4. The third-order valence-electron chi connectivity index (χ3n) is 3.74. The lowest BCUT2D eigenvalue weighted by Crippen LogP contribution is -2.22. The van der Waals surface area contributed by atoms with E-state index in [2.05, 4.69) is 10.3 Å². The molecule has 0 fully saturated rings. The van der Waals surface area contributed by atoms with Crippen molar-refractivity contribution in [3.8, 4) is 0 Å². The van der Waals surface area contributed by atoms with Crippen LogP contribution in [-0.2, 0) is 6.54 Å². The van der Waals surface area contributed by atoms with Crippen molar-refractivity contribution in [2.45, 2.75) is 20.4 Å². The average molecular weight is 307 g/mol. The third-order valence-corrected chi connectivity index (χ3v) is 3.74. The first-order valence-electron chi connectivity index (χ1n) is 7.36. The van der Waals surface area contributed by atoms with Crippen LogP contribution in [0.15, 0.2) is 47.4 Å². The highest BCUT2D eigenvalue weighted by Gasteiger charge is 2.13. The summed E-state index contributed by atoms with van der Waals surface area (Å²) in [6, 6.07) is 11.7. The number of aryl methyl sites for hydroxylation is 2. The van der Waals surface area contributed by atoms with Crippen molar-refractivity contribution in [2.24, 2.45) is 0 Å². The van der Waals surface area contributed by atoms with E-state index in [0.717, 1.165) is 16.7 Å². The van der Waals surface area contributed by atoms with Crippen LogP contribution in [0.4, 0.5) is 5.82 Å². The fourth-order valence-corrected chi connectivity index (χ4v) is 2.56. The van der Waals surface area contributed by atoms with E-state index in [0.29, 0.717) is 24.3 Å². The Morgan fingerprint density at radius 1 is 1.22 bits per heavy atom. The number of nitrogens with zero attached hydrogens (tertiary/aromatic N) is 2. The number of aromatic nitrogens is 2. The molecule has 0 aliphatic rings. The number of carbonyl (C=O) groups excluding carboxylic acids is 1. The molecule has 0 aliphatic heterocycles. The molecule has 0 unspecified atom stereocenters. The van der Waals surface area contributed by atoms with Crippen molar-refractivity contribution in [1.29, 1.82) is 0 Å². The normalized spacial score (nSPS) is 10.7. The molecular weight excluding hydrogens is 290 g/mol. The van der Waals surface area contributed by atoms with E-state index in [1.165, 1.54) is 4.40 Å². The number of aldehydes is 1. The number of carbonyl (C=O) groups is 1. The van der Waals surface area contributed by atoms with Crippen molar-refractivity contribution in [3.05, 3.63) is 75.2 Å². The summed E-state index contributed by atoms with van der Waals surface area (Å²) in [5.41, 5.74) is 3.33. The molecule has 0 radical (unpaired) electrons. The van der Waals surface area contributed by atoms with Gasteiger partial charge in [0.25, 0.3) is 5.56 Å². The maximum Gasteiger partial charge on any atom is 0.270 e. The number of nitrogens with one attached hydrogen (secondary N) is 1. The van der Waals surface area contributed by atoms with Crippen LogP contribution in [0.2, 0.25) is 0 Å². The second kappa shape index (κ2) is 6.04. The molecule has 5 nitrogen and oxygen atoms in total. The van der Waals surface area contributed by atoms with Crippen LogP contribution in [0.1, 0.15) is 27.0 Å². The molecule has 2 aromatic heterocycles. The van der Waals surface area contributed by atoms with Gasteiger partial charge in [0, 0.05) is 12.7 Å². The molecule has 0 atom stereocenters. The molecule has 0 spiro atoms. The van der Waals surface area contributed by atoms with E-state index in [-0.39, 0.29) is 11.1 Å². The number of anilines is 1. The largest absolute Gasteiger partial charge is 0.365 e. The van der Waals surface area contributed by atoms with Gasteiger partial charge in [-0.15, -0.1) is 0 Å². The minimum Gasteiger partial charge on any atom is -0.365 e. The Labute approximate surface area is 133 Å². The fraction of sp³-hybridized carbons (Fsp3) is 0.167. The molecule has 3 aromatic rings. The summed E-state index contributed by atoms with van der Waals surface area (Å²) in [4.78, 5) is 28.3. The molecule has 23 heavy (non-hydrogen) atoms. The lowest BCUT2D eigenvalue weighted by Gasteiger charge is -2.11. The molecular formula is C18H17N3O2. The Kier molecular flexibility index (Phi) is 3.93. The Hall–Kier alpha value is -2.95. The van der Waals surface area contributed by atoms with E-state index in [4.69, 9.17) is 0 Å². The van der Waals surface area contributed by atoms with Gasteiger partial charge in [-0.05, 0) is 31.0 Å². The van der Waals surface area contributed by atoms with Crippen LogP contribution in [0.3, 0.4) is 0 Å². The highest BCUT2D eigenvalue weighted by atomic mass is 16.1. The Bertz CT molecular complexity index is 945. The summed E-state index contributed by atoms with van der Waals surface area (Å²) in [7, 11) is 0. The zero-order valence-electron chi connectivity index (χ0n) is 13.0. The Morgan fingerprint density at radius 3 is 2.78 bits per heavy atom. The van der Waals surface area contributed by atoms with E-state index in [9.17, 15) is 9.59 Å². The molecule has 0 amide bonds. The van der Waals surface area contributed by atoms with Crippen molar-refractivity contribution in [1.82, 2.24) is 9.38 Å². The molecule has 5 heteroatoms. The van der Waals surface area contributed by atoms with Crippen LogP contribution < -0.4 is 10.9 Å². The monoisotopic (exact) mass is 307 g/mol. The van der Waals surface area contributed by atoms with Crippen molar-refractivity contribution < 1.29 is 4.79 Å². The first kappa shape index (κ1) is 15.0. The number of hydrogen-bond donors (Lipinski definition) is 1. The van der Waals surface area contributed by atoms with Crippen LogP contribution in [-0.4, -0.2) is 15.7 Å². The summed E-state index contributed by atoms with van der Waals surface area (Å²) in [6.07, 6.45) is 2.18. The second-order valence-corrected chi connectivity index (χ2v) is 5.52. The molecule has 3 rings (SSSR count). The summed E-state index contributed by atoms with van der Waals surface area (Å²) in [5.74, 6) is 0.320. The molecule has 0 saturated carbocycles. The lowest BCUT2D eigenvalue weighted by atomic mass is 10.1. The van der Waals surface area contributed by atoms with E-state index >= 15 is 0 Å². The molecule has 116 valence electrons. The Morgan fingerprint density at radius 2 is 2.04 bits per heavy atom. The van der Waals surface area contributed by atoms with Gasteiger partial charge in [0.15, 0.2) is 6.29 Å². The van der Waals surface area contributed by atoms with Gasteiger partial charge in [-0.25, -0.2) is 4.98 Å². The predicted molar refractivity (Wildman–Crippen MR) is 90.1 cm³/mol. The maximum absolute atomic E-state index is 12.4. The minimum absolute atomic E-state index is 0.0424. The van der Waals surface area contributed by atoms with E-state index in [1.54, 1.807) is 12.3 Å².